The van der Waals surface area contributed by atoms with E-state index in [0.717, 1.165) is 17.7 Å². The molecule has 1 N–H and O–H groups in total. The highest BCUT2D eigenvalue weighted by atomic mass is 35.5. The van der Waals surface area contributed by atoms with Gasteiger partial charge in [0, 0.05) is 4.88 Å². The minimum Gasteiger partial charge on any atom is -0.476 e. The Labute approximate surface area is 79.0 Å². The van der Waals surface area contributed by atoms with Crippen LogP contribution in [0.15, 0.2) is 0 Å². The van der Waals surface area contributed by atoms with Crippen molar-refractivity contribution >= 4 is 28.9 Å². The molecule has 5 heteroatoms. The number of hydrogen-bond donors (Lipinski definition) is 1. The fourth-order valence-corrected chi connectivity index (χ4v) is 2.13. The lowest BCUT2D eigenvalue weighted by molar-refractivity contribution is 0.0690. The maximum absolute atomic E-state index is 10.6. The van der Waals surface area contributed by atoms with Gasteiger partial charge < -0.3 is 5.11 Å². The minimum absolute atomic E-state index is 0.104. The number of aromatic nitrogens is 1. The molecular formula is C7H8ClNO2S. The molecule has 3 nitrogen and oxygen atoms in total. The molecule has 0 unspecified atom stereocenters. The number of nitrogens with zero attached hydrogens (tertiary/aromatic N) is 1. The van der Waals surface area contributed by atoms with E-state index in [-0.39, 0.29) is 5.69 Å². The van der Waals surface area contributed by atoms with Gasteiger partial charge in [-0.25, -0.2) is 9.78 Å². The van der Waals surface area contributed by atoms with E-state index in [1.165, 1.54) is 11.3 Å². The third kappa shape index (κ3) is 1.95. The molecule has 0 aliphatic rings. The summed E-state index contributed by atoms with van der Waals surface area (Å²) in [5.74, 6) is -0.999. The first-order chi connectivity index (χ1) is 5.65. The van der Waals surface area contributed by atoms with Crippen LogP contribution in [-0.2, 0) is 6.42 Å². The van der Waals surface area contributed by atoms with Crippen LogP contribution in [0.4, 0.5) is 0 Å². The summed E-state index contributed by atoms with van der Waals surface area (Å²) in [5, 5.41) is 8.69. The van der Waals surface area contributed by atoms with Gasteiger partial charge in [-0.15, -0.1) is 11.3 Å². The van der Waals surface area contributed by atoms with Crippen LogP contribution in [0.1, 0.15) is 28.7 Å². The summed E-state index contributed by atoms with van der Waals surface area (Å²) >= 11 is 6.83. The Morgan fingerprint density at radius 2 is 2.42 bits per heavy atom. The van der Waals surface area contributed by atoms with Gasteiger partial charge >= 0.3 is 5.97 Å². The Balaban J connectivity index is 2.99. The van der Waals surface area contributed by atoms with Crippen LogP contribution < -0.4 is 0 Å². The molecule has 0 atom stereocenters. The Kier molecular flexibility index (Phi) is 3.05. The van der Waals surface area contributed by atoms with Crippen molar-refractivity contribution in [3.05, 3.63) is 15.0 Å². The molecule has 0 fully saturated rings. The Bertz CT molecular complexity index is 298. The molecule has 0 bridgehead atoms. The molecule has 0 radical (unpaired) electrons. The molecule has 0 saturated carbocycles. The van der Waals surface area contributed by atoms with E-state index in [2.05, 4.69) is 4.98 Å². The second-order valence-electron chi connectivity index (χ2n) is 2.29. The van der Waals surface area contributed by atoms with Gasteiger partial charge in [-0.1, -0.05) is 24.9 Å². The van der Waals surface area contributed by atoms with Crippen molar-refractivity contribution in [3.8, 4) is 0 Å². The Hall–Kier alpha value is -0.610. The van der Waals surface area contributed by atoms with Crippen molar-refractivity contribution < 1.29 is 9.90 Å². The topological polar surface area (TPSA) is 50.2 Å². The van der Waals surface area contributed by atoms with Crippen LogP contribution in [0.2, 0.25) is 4.47 Å². The SMILES string of the molecule is CCCc1sc(Cl)nc1C(=O)O. The third-order valence-electron chi connectivity index (χ3n) is 1.35. The largest absolute Gasteiger partial charge is 0.476 e. The minimum atomic E-state index is -0.999. The predicted molar refractivity (Wildman–Crippen MR) is 48.1 cm³/mol. The number of carboxylic acids is 1. The fraction of sp³-hybridized carbons (Fsp3) is 0.429. The normalized spacial score (nSPS) is 10.2. The monoisotopic (exact) mass is 205 g/mol. The molecule has 1 aromatic heterocycles. The van der Waals surface area contributed by atoms with Crippen LogP contribution in [0.25, 0.3) is 0 Å². The van der Waals surface area contributed by atoms with Gasteiger partial charge in [-0.05, 0) is 6.42 Å². The number of thiazole rings is 1. The van der Waals surface area contributed by atoms with Crippen molar-refractivity contribution in [2.45, 2.75) is 19.8 Å². The van der Waals surface area contributed by atoms with Crippen LogP contribution in [0.3, 0.4) is 0 Å². The molecule has 0 saturated heterocycles. The van der Waals surface area contributed by atoms with Crippen molar-refractivity contribution in [2.75, 3.05) is 0 Å². The number of aromatic carboxylic acids is 1. The van der Waals surface area contributed by atoms with Crippen LogP contribution >= 0.6 is 22.9 Å². The molecule has 0 spiro atoms. The zero-order valence-electron chi connectivity index (χ0n) is 6.50. The maximum Gasteiger partial charge on any atom is 0.355 e. The summed E-state index contributed by atoms with van der Waals surface area (Å²) in [5.41, 5.74) is 0.104. The number of rotatable bonds is 3. The molecule has 0 aliphatic carbocycles. The second-order valence-corrected chi connectivity index (χ2v) is 3.96. The fourth-order valence-electron chi connectivity index (χ4n) is 0.887. The molecule has 1 rings (SSSR count). The number of hydrogen-bond acceptors (Lipinski definition) is 3. The second kappa shape index (κ2) is 3.87. The molecule has 12 heavy (non-hydrogen) atoms. The quantitative estimate of drug-likeness (QED) is 0.825. The smallest absolute Gasteiger partial charge is 0.355 e. The van der Waals surface area contributed by atoms with Gasteiger partial charge in [-0.2, -0.15) is 0 Å². The van der Waals surface area contributed by atoms with Gasteiger partial charge in [0.2, 0.25) is 0 Å². The molecule has 0 aromatic carbocycles. The number of carbonyl (C=O) groups is 1. The summed E-state index contributed by atoms with van der Waals surface area (Å²) in [4.78, 5) is 15.1. The van der Waals surface area contributed by atoms with Gasteiger partial charge in [0.25, 0.3) is 0 Å². The average molecular weight is 206 g/mol. The van der Waals surface area contributed by atoms with E-state index in [9.17, 15) is 4.79 Å². The molecule has 1 aromatic rings. The lowest BCUT2D eigenvalue weighted by Gasteiger charge is -1.92. The molecule has 0 amide bonds. The lowest BCUT2D eigenvalue weighted by atomic mass is 10.2. The Morgan fingerprint density at radius 1 is 1.75 bits per heavy atom. The maximum atomic E-state index is 10.6. The van der Waals surface area contributed by atoms with E-state index in [1.54, 1.807) is 0 Å². The number of carboxylic acid groups (broad SMARTS) is 1. The van der Waals surface area contributed by atoms with E-state index >= 15 is 0 Å². The van der Waals surface area contributed by atoms with Gasteiger partial charge in [-0.3, -0.25) is 0 Å². The molecule has 1 heterocycles. The van der Waals surface area contributed by atoms with Crippen molar-refractivity contribution in [3.63, 3.8) is 0 Å². The highest BCUT2D eigenvalue weighted by Crippen LogP contribution is 2.23. The highest BCUT2D eigenvalue weighted by Gasteiger charge is 2.15. The van der Waals surface area contributed by atoms with E-state index < -0.39 is 5.97 Å². The zero-order chi connectivity index (χ0) is 9.14. The van der Waals surface area contributed by atoms with Gasteiger partial charge in [0.15, 0.2) is 10.2 Å². The summed E-state index contributed by atoms with van der Waals surface area (Å²) in [6.07, 6.45) is 1.63. The van der Waals surface area contributed by atoms with Crippen molar-refractivity contribution in [1.29, 1.82) is 0 Å². The van der Waals surface area contributed by atoms with E-state index in [0.29, 0.717) is 4.47 Å². The molecule has 0 aliphatic heterocycles. The molecule has 66 valence electrons. The summed E-state index contributed by atoms with van der Waals surface area (Å²) in [7, 11) is 0. The third-order valence-corrected chi connectivity index (χ3v) is 2.57. The van der Waals surface area contributed by atoms with Gasteiger partial charge in [0.1, 0.15) is 0 Å². The van der Waals surface area contributed by atoms with E-state index in [4.69, 9.17) is 16.7 Å². The zero-order valence-corrected chi connectivity index (χ0v) is 8.08. The van der Waals surface area contributed by atoms with Gasteiger partial charge in [0.05, 0.1) is 0 Å². The standard InChI is InChI=1S/C7H8ClNO2S/c1-2-3-4-5(6(10)11)9-7(8)12-4/h2-3H2,1H3,(H,10,11). The first-order valence-electron chi connectivity index (χ1n) is 3.53. The average Bonchev–Trinajstić information content (AvgIpc) is 2.32. The molecular weight excluding hydrogens is 198 g/mol. The van der Waals surface area contributed by atoms with Crippen LogP contribution in [-0.4, -0.2) is 16.1 Å². The number of aryl methyl sites for hydroxylation is 1. The van der Waals surface area contributed by atoms with Crippen LogP contribution in [0, 0.1) is 0 Å². The first-order valence-corrected chi connectivity index (χ1v) is 4.73. The predicted octanol–water partition coefficient (Wildman–Crippen LogP) is 2.45. The highest BCUT2D eigenvalue weighted by molar-refractivity contribution is 7.16. The lowest BCUT2D eigenvalue weighted by Crippen LogP contribution is -2.00. The Morgan fingerprint density at radius 3 is 2.92 bits per heavy atom. The summed E-state index contributed by atoms with van der Waals surface area (Å²) < 4.78 is 0.302. The van der Waals surface area contributed by atoms with Crippen LogP contribution in [0.5, 0.6) is 0 Å². The van der Waals surface area contributed by atoms with Crippen molar-refractivity contribution in [2.24, 2.45) is 0 Å². The number of halogens is 1. The summed E-state index contributed by atoms with van der Waals surface area (Å²) in [6, 6.07) is 0. The first kappa shape index (κ1) is 9.48. The van der Waals surface area contributed by atoms with Crippen molar-refractivity contribution in [1.82, 2.24) is 4.98 Å². The van der Waals surface area contributed by atoms with E-state index in [1.807, 2.05) is 6.92 Å². The summed E-state index contributed by atoms with van der Waals surface area (Å²) in [6.45, 7) is 1.99.